The molecule has 1 aliphatic heterocycles. The van der Waals surface area contributed by atoms with Gasteiger partial charge in [0.15, 0.2) is 0 Å². The normalized spacial score (nSPS) is 21.4. The molecule has 18 heavy (non-hydrogen) atoms. The third kappa shape index (κ3) is 3.47. The van der Waals surface area contributed by atoms with Crippen LogP contribution < -0.4 is 5.32 Å². The van der Waals surface area contributed by atoms with Gasteiger partial charge in [0.25, 0.3) is 0 Å². The highest BCUT2D eigenvalue weighted by Crippen LogP contribution is 2.25. The fourth-order valence-electron chi connectivity index (χ4n) is 2.90. The Bertz CT molecular complexity index is 375. The van der Waals surface area contributed by atoms with Gasteiger partial charge >= 0.3 is 0 Å². The highest BCUT2D eigenvalue weighted by atomic mass is 35.5. The Morgan fingerprint density at radius 3 is 2.94 bits per heavy atom. The summed E-state index contributed by atoms with van der Waals surface area (Å²) in [6.45, 7) is 4.53. The van der Waals surface area contributed by atoms with Gasteiger partial charge in [0.05, 0.1) is 0 Å². The molecule has 2 nitrogen and oxygen atoms in total. The highest BCUT2D eigenvalue weighted by Gasteiger charge is 2.21. The molecule has 0 amide bonds. The fourth-order valence-corrected chi connectivity index (χ4v) is 3.10. The minimum absolute atomic E-state index is 0.464. The quantitative estimate of drug-likeness (QED) is 0.878. The smallest absolute Gasteiger partial charge is 0.0409 e. The summed E-state index contributed by atoms with van der Waals surface area (Å²) < 4.78 is 0. The van der Waals surface area contributed by atoms with E-state index in [2.05, 4.69) is 36.3 Å². The summed E-state index contributed by atoms with van der Waals surface area (Å²) in [6.07, 6.45) is 3.73. The standard InChI is InChI=1S/C15H23ClN2/c1-3-15(12-6-4-7-13(16)10-12)18(2)11-14-8-5-9-17-14/h4,6-7,10,14-15,17H,3,5,8-9,11H2,1-2H3. The van der Waals surface area contributed by atoms with E-state index in [0.717, 1.165) is 18.0 Å². The molecule has 0 aliphatic carbocycles. The number of likely N-dealkylation sites (N-methyl/N-ethyl adjacent to an activating group) is 1. The molecule has 1 fully saturated rings. The van der Waals surface area contributed by atoms with Crippen molar-refractivity contribution in [3.05, 3.63) is 34.9 Å². The molecule has 1 saturated heterocycles. The van der Waals surface area contributed by atoms with Crippen LogP contribution in [0.25, 0.3) is 0 Å². The molecule has 0 saturated carbocycles. The highest BCUT2D eigenvalue weighted by molar-refractivity contribution is 6.30. The summed E-state index contributed by atoms with van der Waals surface area (Å²) in [4.78, 5) is 2.45. The van der Waals surface area contributed by atoms with Crippen LogP contribution in [-0.2, 0) is 0 Å². The van der Waals surface area contributed by atoms with E-state index in [9.17, 15) is 0 Å². The van der Waals surface area contributed by atoms with Gasteiger partial charge in [-0.3, -0.25) is 4.90 Å². The van der Waals surface area contributed by atoms with Crippen molar-refractivity contribution < 1.29 is 0 Å². The first-order chi connectivity index (χ1) is 8.70. The van der Waals surface area contributed by atoms with Crippen LogP contribution in [0.15, 0.2) is 24.3 Å². The maximum absolute atomic E-state index is 6.09. The van der Waals surface area contributed by atoms with Crippen molar-refractivity contribution in [3.63, 3.8) is 0 Å². The van der Waals surface area contributed by atoms with Crippen LogP contribution in [0.3, 0.4) is 0 Å². The Balaban J connectivity index is 2.02. The Hall–Kier alpha value is -0.570. The number of nitrogens with zero attached hydrogens (tertiary/aromatic N) is 1. The lowest BCUT2D eigenvalue weighted by Crippen LogP contribution is -2.37. The van der Waals surface area contributed by atoms with Gasteiger partial charge in [0, 0.05) is 23.7 Å². The minimum atomic E-state index is 0.464. The molecule has 0 spiro atoms. The third-order valence-electron chi connectivity index (χ3n) is 3.82. The second-order valence-corrected chi connectivity index (χ2v) is 5.65. The maximum atomic E-state index is 6.09. The molecule has 1 aliphatic rings. The lowest BCUT2D eigenvalue weighted by molar-refractivity contribution is 0.218. The van der Waals surface area contributed by atoms with Crippen molar-refractivity contribution in [1.82, 2.24) is 10.2 Å². The average molecular weight is 267 g/mol. The Morgan fingerprint density at radius 1 is 1.50 bits per heavy atom. The van der Waals surface area contributed by atoms with E-state index < -0.39 is 0 Å². The molecule has 1 N–H and O–H groups in total. The van der Waals surface area contributed by atoms with Crippen LogP contribution in [0.5, 0.6) is 0 Å². The van der Waals surface area contributed by atoms with Gasteiger partial charge in [0.2, 0.25) is 0 Å². The van der Waals surface area contributed by atoms with E-state index in [4.69, 9.17) is 11.6 Å². The molecular weight excluding hydrogens is 244 g/mol. The lowest BCUT2D eigenvalue weighted by Gasteiger charge is -2.30. The van der Waals surface area contributed by atoms with Crippen LogP contribution in [0.1, 0.15) is 37.8 Å². The Labute approximate surface area is 115 Å². The minimum Gasteiger partial charge on any atom is -0.313 e. The summed E-state index contributed by atoms with van der Waals surface area (Å²) in [5.41, 5.74) is 1.32. The molecular formula is C15H23ClN2. The van der Waals surface area contributed by atoms with E-state index in [-0.39, 0.29) is 0 Å². The van der Waals surface area contributed by atoms with E-state index in [1.807, 2.05) is 12.1 Å². The van der Waals surface area contributed by atoms with Crippen LogP contribution in [0, 0.1) is 0 Å². The number of hydrogen-bond acceptors (Lipinski definition) is 2. The average Bonchev–Trinajstić information content (AvgIpc) is 2.83. The summed E-state index contributed by atoms with van der Waals surface area (Å²) in [7, 11) is 2.22. The second-order valence-electron chi connectivity index (χ2n) is 5.21. The monoisotopic (exact) mass is 266 g/mol. The van der Waals surface area contributed by atoms with Crippen molar-refractivity contribution >= 4 is 11.6 Å². The number of rotatable bonds is 5. The summed E-state index contributed by atoms with van der Waals surface area (Å²) in [6, 6.07) is 9.37. The second kappa shape index (κ2) is 6.55. The number of halogens is 1. The summed E-state index contributed by atoms with van der Waals surface area (Å²) >= 11 is 6.09. The predicted molar refractivity (Wildman–Crippen MR) is 78.1 cm³/mol. The van der Waals surface area contributed by atoms with Crippen LogP contribution in [0.4, 0.5) is 0 Å². The molecule has 0 aromatic heterocycles. The number of benzene rings is 1. The first kappa shape index (κ1) is 13.9. The van der Waals surface area contributed by atoms with Crippen LogP contribution in [-0.4, -0.2) is 31.1 Å². The van der Waals surface area contributed by atoms with Crippen LogP contribution in [0.2, 0.25) is 5.02 Å². The van der Waals surface area contributed by atoms with Gasteiger partial charge in [0.1, 0.15) is 0 Å². The zero-order chi connectivity index (χ0) is 13.0. The SMILES string of the molecule is CCC(c1cccc(Cl)c1)N(C)CC1CCCN1. The molecule has 1 aromatic rings. The lowest BCUT2D eigenvalue weighted by atomic mass is 10.0. The van der Waals surface area contributed by atoms with Crippen molar-refractivity contribution in [2.75, 3.05) is 20.1 Å². The van der Waals surface area contributed by atoms with Crippen LogP contribution >= 0.6 is 11.6 Å². The zero-order valence-corrected chi connectivity index (χ0v) is 12.1. The van der Waals surface area contributed by atoms with Gasteiger partial charge in [-0.1, -0.05) is 30.7 Å². The van der Waals surface area contributed by atoms with E-state index in [1.54, 1.807) is 0 Å². The van der Waals surface area contributed by atoms with Gasteiger partial charge in [-0.05, 0) is 50.6 Å². The first-order valence-corrected chi connectivity index (χ1v) is 7.27. The predicted octanol–water partition coefficient (Wildman–Crippen LogP) is 3.47. The third-order valence-corrected chi connectivity index (χ3v) is 4.06. The fraction of sp³-hybridized carbons (Fsp3) is 0.600. The molecule has 3 heteroatoms. The molecule has 1 aromatic carbocycles. The van der Waals surface area contributed by atoms with Crippen molar-refractivity contribution in [2.24, 2.45) is 0 Å². The van der Waals surface area contributed by atoms with Crippen molar-refractivity contribution in [1.29, 1.82) is 0 Å². The van der Waals surface area contributed by atoms with E-state index in [0.29, 0.717) is 12.1 Å². The van der Waals surface area contributed by atoms with E-state index in [1.165, 1.54) is 24.9 Å². The first-order valence-electron chi connectivity index (χ1n) is 6.89. The van der Waals surface area contributed by atoms with E-state index >= 15 is 0 Å². The molecule has 2 rings (SSSR count). The van der Waals surface area contributed by atoms with Gasteiger partial charge in [-0.2, -0.15) is 0 Å². The maximum Gasteiger partial charge on any atom is 0.0409 e. The molecule has 1 heterocycles. The van der Waals surface area contributed by atoms with Crippen molar-refractivity contribution in [2.45, 2.75) is 38.3 Å². The molecule has 0 radical (unpaired) electrons. The number of hydrogen-bond donors (Lipinski definition) is 1. The summed E-state index contributed by atoms with van der Waals surface area (Å²) in [5.74, 6) is 0. The Morgan fingerprint density at radius 2 is 2.33 bits per heavy atom. The number of nitrogens with one attached hydrogen (secondary N) is 1. The zero-order valence-electron chi connectivity index (χ0n) is 11.3. The molecule has 100 valence electrons. The molecule has 2 unspecified atom stereocenters. The molecule has 0 bridgehead atoms. The summed E-state index contributed by atoms with van der Waals surface area (Å²) in [5, 5.41) is 4.39. The van der Waals surface area contributed by atoms with Gasteiger partial charge in [-0.15, -0.1) is 0 Å². The Kier molecular flexibility index (Phi) is 5.04. The van der Waals surface area contributed by atoms with Gasteiger partial charge < -0.3 is 5.32 Å². The largest absolute Gasteiger partial charge is 0.313 e. The van der Waals surface area contributed by atoms with Gasteiger partial charge in [-0.25, -0.2) is 0 Å². The topological polar surface area (TPSA) is 15.3 Å². The van der Waals surface area contributed by atoms with Crippen molar-refractivity contribution in [3.8, 4) is 0 Å². The molecule has 2 atom stereocenters.